The van der Waals surface area contributed by atoms with E-state index in [0.29, 0.717) is 36.2 Å². The van der Waals surface area contributed by atoms with Crippen molar-refractivity contribution in [1.82, 2.24) is 0 Å². The Balaban J connectivity index is 0.000000711. The van der Waals surface area contributed by atoms with Crippen molar-refractivity contribution in [3.63, 3.8) is 0 Å². The third-order valence-electron chi connectivity index (χ3n) is 2.54. The number of carbonyl (C=O) groups is 1. The summed E-state index contributed by atoms with van der Waals surface area (Å²) in [5, 5.41) is 16.2. The van der Waals surface area contributed by atoms with E-state index in [0.717, 1.165) is 19.8 Å². The Hall–Kier alpha value is -0.455. The summed E-state index contributed by atoms with van der Waals surface area (Å²) in [6, 6.07) is 10.4. The van der Waals surface area contributed by atoms with Crippen LogP contribution >= 0.6 is 0 Å². The number of carboxylic acid groups (broad SMARTS) is 1. The third-order valence-corrected chi connectivity index (χ3v) is 5.79. The second kappa shape index (κ2) is 11.4. The maximum atomic E-state index is 9.00. The number of aliphatic carboxylic acids is 1. The number of ether oxygens (including phenoxy) is 1. The number of rotatable bonds is 6. The zero-order valence-corrected chi connectivity index (χ0v) is 17.1. The predicted octanol–water partition coefficient (Wildman–Crippen LogP) is 2.57. The number of methoxy groups -OCH3 is 1. The molecule has 103 valence electrons. The van der Waals surface area contributed by atoms with Crippen molar-refractivity contribution in [3.05, 3.63) is 35.9 Å². The number of aliphatic hydroxyl groups excluding tert-OH is 1. The molecule has 5 heteroatoms. The summed E-state index contributed by atoms with van der Waals surface area (Å²) < 4.78 is 6.19. The van der Waals surface area contributed by atoms with E-state index < -0.39 is 5.97 Å². The van der Waals surface area contributed by atoms with Gasteiger partial charge in [0.15, 0.2) is 0 Å². The topological polar surface area (TPSA) is 66.8 Å². The first-order chi connectivity index (χ1) is 9.02. The molecule has 0 bridgehead atoms. The van der Waals surface area contributed by atoms with Crippen LogP contribution in [0.25, 0.3) is 0 Å². The second-order valence-electron chi connectivity index (χ2n) is 4.21. The minimum atomic E-state index is -0.833. The quantitative estimate of drug-likeness (QED) is 0.650. The van der Waals surface area contributed by atoms with Gasteiger partial charge in [0.05, 0.1) is 0 Å². The molecule has 19 heavy (non-hydrogen) atoms. The first kappa shape index (κ1) is 18.5. The fourth-order valence-electron chi connectivity index (χ4n) is 1.75. The second-order valence-corrected chi connectivity index (χ2v) is 8.29. The molecule has 1 aromatic carbocycles. The van der Waals surface area contributed by atoms with Crippen LogP contribution in [-0.2, 0) is 35.7 Å². The number of aliphatic hydroxyl groups is 1. The molecule has 0 aromatic heterocycles. The van der Waals surface area contributed by atoms with Crippen LogP contribution in [0.3, 0.4) is 0 Å². The SMILES string of the molecule is CC(=O)O.COC(c1ccccc1)[CH]([Hg])CCCO. The summed E-state index contributed by atoms with van der Waals surface area (Å²) >= 11 is 0.667. The molecule has 2 atom stereocenters. The standard InChI is InChI=1S/C12H17O2.C2H4O2.Hg/c1-14-12(9-5-6-10-13)11-7-3-2-4-8-11;1-2(3)4;/h2-4,7-9,12-13H,5-6,10H2,1H3;1H3,(H,3,4);. The van der Waals surface area contributed by atoms with Gasteiger partial charge in [0.2, 0.25) is 0 Å². The van der Waals surface area contributed by atoms with E-state index in [-0.39, 0.29) is 6.10 Å². The summed E-state index contributed by atoms with van der Waals surface area (Å²) in [6.45, 7) is 1.37. The van der Waals surface area contributed by atoms with Gasteiger partial charge in [-0.2, -0.15) is 0 Å². The van der Waals surface area contributed by atoms with Gasteiger partial charge in [0, 0.05) is 6.92 Å². The molecule has 0 saturated heterocycles. The predicted molar refractivity (Wildman–Crippen MR) is 69.6 cm³/mol. The first-order valence-electron chi connectivity index (χ1n) is 6.24. The summed E-state index contributed by atoms with van der Waals surface area (Å²) in [6.07, 6.45) is 2.19. The molecule has 4 nitrogen and oxygen atoms in total. The van der Waals surface area contributed by atoms with E-state index in [1.165, 1.54) is 5.56 Å². The number of hydrogen-bond acceptors (Lipinski definition) is 3. The van der Waals surface area contributed by atoms with Crippen molar-refractivity contribution in [2.45, 2.75) is 29.3 Å². The van der Waals surface area contributed by atoms with Crippen LogP contribution in [0, 0.1) is 0 Å². The van der Waals surface area contributed by atoms with Crippen molar-refractivity contribution in [1.29, 1.82) is 0 Å². The first-order valence-corrected chi connectivity index (χ1v) is 9.41. The van der Waals surface area contributed by atoms with E-state index in [1.54, 1.807) is 7.11 Å². The van der Waals surface area contributed by atoms with Gasteiger partial charge in [-0.25, -0.2) is 0 Å². The van der Waals surface area contributed by atoms with Gasteiger partial charge >= 0.3 is 108 Å². The van der Waals surface area contributed by atoms with Crippen molar-refractivity contribution in [2.75, 3.05) is 13.7 Å². The van der Waals surface area contributed by atoms with Crippen LogP contribution in [0.4, 0.5) is 0 Å². The minimum absolute atomic E-state index is 0.223. The Bertz CT molecular complexity index is 339. The molecule has 0 fully saturated rings. The number of carboxylic acids is 1. The van der Waals surface area contributed by atoms with Gasteiger partial charge in [-0.05, 0) is 0 Å². The Labute approximate surface area is 130 Å². The summed E-state index contributed by atoms with van der Waals surface area (Å²) in [4.78, 5) is 9.00. The molecule has 1 aromatic rings. The zero-order valence-electron chi connectivity index (χ0n) is 11.6. The molecular weight excluding hydrogens is 433 g/mol. The van der Waals surface area contributed by atoms with Crippen LogP contribution in [0.1, 0.15) is 31.4 Å². The molecule has 0 amide bonds. The fraction of sp³-hybridized carbons (Fsp3) is 0.500. The zero-order chi connectivity index (χ0) is 14.7. The van der Waals surface area contributed by atoms with E-state index in [9.17, 15) is 0 Å². The molecule has 2 unspecified atom stereocenters. The Morgan fingerprint density at radius 1 is 1.37 bits per heavy atom. The van der Waals surface area contributed by atoms with Crippen LogP contribution in [0.5, 0.6) is 0 Å². The average molecular weight is 454 g/mol. The molecule has 0 saturated carbocycles. The van der Waals surface area contributed by atoms with Gasteiger partial charge in [-0.3, -0.25) is 4.79 Å². The average Bonchev–Trinajstić information content (AvgIpc) is 2.38. The van der Waals surface area contributed by atoms with Crippen LogP contribution in [0.15, 0.2) is 30.3 Å². The van der Waals surface area contributed by atoms with Crippen LogP contribution in [0.2, 0.25) is 3.43 Å². The van der Waals surface area contributed by atoms with E-state index in [2.05, 4.69) is 12.1 Å². The summed E-state index contributed by atoms with van der Waals surface area (Å²) in [5.74, 6) is -0.833. The van der Waals surface area contributed by atoms with Gasteiger partial charge < -0.3 is 5.11 Å². The fourth-order valence-corrected chi connectivity index (χ4v) is 4.68. The van der Waals surface area contributed by atoms with E-state index >= 15 is 0 Å². The monoisotopic (exact) mass is 455 g/mol. The summed E-state index contributed by atoms with van der Waals surface area (Å²) in [7, 11) is 1.77. The van der Waals surface area contributed by atoms with Crippen molar-refractivity contribution >= 4 is 5.97 Å². The van der Waals surface area contributed by atoms with Crippen LogP contribution in [-0.4, -0.2) is 29.9 Å². The Morgan fingerprint density at radius 3 is 2.32 bits per heavy atom. The molecule has 0 aliphatic heterocycles. The van der Waals surface area contributed by atoms with Gasteiger partial charge in [-0.15, -0.1) is 0 Å². The maximum absolute atomic E-state index is 9.00. The van der Waals surface area contributed by atoms with E-state index in [4.69, 9.17) is 19.7 Å². The Morgan fingerprint density at radius 2 is 1.89 bits per heavy atom. The van der Waals surface area contributed by atoms with Crippen LogP contribution < -0.4 is 0 Å². The molecule has 0 spiro atoms. The van der Waals surface area contributed by atoms with Crippen molar-refractivity contribution < 1.29 is 45.9 Å². The molecule has 0 heterocycles. The van der Waals surface area contributed by atoms with Crippen molar-refractivity contribution in [3.8, 4) is 0 Å². The molecule has 2 N–H and O–H groups in total. The normalized spacial score (nSPS) is 13.1. The van der Waals surface area contributed by atoms with Gasteiger partial charge in [0.25, 0.3) is 5.97 Å². The van der Waals surface area contributed by atoms with Crippen molar-refractivity contribution in [2.24, 2.45) is 0 Å². The number of hydrogen-bond donors (Lipinski definition) is 2. The molecule has 0 aliphatic rings. The Kier molecular flexibility index (Phi) is 11.1. The number of benzene rings is 1. The molecule has 0 radical (unpaired) electrons. The molecule has 0 aliphatic carbocycles. The molecular formula is C14H21HgO4. The van der Waals surface area contributed by atoms with E-state index in [1.807, 2.05) is 18.2 Å². The molecule has 1 rings (SSSR count). The third kappa shape index (κ3) is 9.13. The summed E-state index contributed by atoms with van der Waals surface area (Å²) in [5.41, 5.74) is 1.26. The van der Waals surface area contributed by atoms with Gasteiger partial charge in [0.1, 0.15) is 0 Å². The van der Waals surface area contributed by atoms with Gasteiger partial charge in [-0.1, -0.05) is 0 Å².